The summed E-state index contributed by atoms with van der Waals surface area (Å²) in [6, 6.07) is 10.5. The van der Waals surface area contributed by atoms with E-state index >= 15 is 0 Å². The topological polar surface area (TPSA) is 96.0 Å². The quantitative estimate of drug-likeness (QED) is 0.218. The molecule has 1 atom stereocenters. The van der Waals surface area contributed by atoms with Crippen LogP contribution < -0.4 is 14.8 Å². The van der Waals surface area contributed by atoms with Gasteiger partial charge in [-0.05, 0) is 38.1 Å². The van der Waals surface area contributed by atoms with Crippen LogP contribution in [-0.4, -0.2) is 49.0 Å². The van der Waals surface area contributed by atoms with E-state index in [0.29, 0.717) is 42.0 Å². The van der Waals surface area contributed by atoms with E-state index in [1.54, 1.807) is 38.4 Å². The van der Waals surface area contributed by atoms with Crippen molar-refractivity contribution in [2.24, 2.45) is 0 Å². The number of hydrogen-bond donors (Lipinski definition) is 1. The number of thiazole rings is 1. The zero-order valence-corrected chi connectivity index (χ0v) is 21.7. The molecule has 192 valence electrons. The molecule has 0 fully saturated rings. The van der Waals surface area contributed by atoms with Gasteiger partial charge in [0.25, 0.3) is 5.91 Å². The smallest absolute Gasteiger partial charge is 0.306 e. The first-order valence-electron chi connectivity index (χ1n) is 11.2. The molecule has 1 heterocycles. The molecule has 0 saturated heterocycles. The number of hydrogen-bond acceptors (Lipinski definition) is 9. The third kappa shape index (κ3) is 8.81. The van der Waals surface area contributed by atoms with E-state index in [2.05, 4.69) is 10.3 Å². The second-order valence-corrected chi connectivity index (χ2v) is 9.90. The molecule has 0 aliphatic carbocycles. The summed E-state index contributed by atoms with van der Waals surface area (Å²) >= 11 is 2.76. The van der Waals surface area contributed by atoms with Gasteiger partial charge in [0.2, 0.25) is 0 Å². The Balaban J connectivity index is 1.72. The fourth-order valence-corrected chi connectivity index (χ4v) is 4.88. The number of carbonyl (C=O) groups excluding carboxylic acids is 2. The summed E-state index contributed by atoms with van der Waals surface area (Å²) in [6.07, 6.45) is 1.66. The maximum absolute atomic E-state index is 13.6. The van der Waals surface area contributed by atoms with E-state index in [1.807, 2.05) is 6.92 Å². The molecule has 11 heteroatoms. The van der Waals surface area contributed by atoms with Crippen molar-refractivity contribution in [1.29, 1.82) is 0 Å². The van der Waals surface area contributed by atoms with E-state index in [-0.39, 0.29) is 23.4 Å². The Morgan fingerprint density at radius 1 is 1.17 bits per heavy atom. The molecule has 0 unspecified atom stereocenters. The lowest BCUT2D eigenvalue weighted by atomic mass is 10.2. The Labute approximate surface area is 217 Å². The molecular weight excluding hydrogens is 507 g/mol. The van der Waals surface area contributed by atoms with Crippen LogP contribution in [0.4, 0.5) is 9.52 Å². The monoisotopic (exact) mass is 534 g/mol. The van der Waals surface area contributed by atoms with Crippen molar-refractivity contribution in [3.8, 4) is 17.2 Å². The maximum atomic E-state index is 13.6. The SMILES string of the molecule is CCOC(=O)CCSc1cnc(NC(=O)c2cc(Oc3cccc(F)c3)cc(O[C@@H](C)COC)c2)s1. The maximum Gasteiger partial charge on any atom is 0.306 e. The molecule has 0 spiro atoms. The van der Waals surface area contributed by atoms with Crippen LogP contribution in [0.15, 0.2) is 52.9 Å². The van der Waals surface area contributed by atoms with Crippen molar-refractivity contribution < 1.29 is 32.9 Å². The number of anilines is 1. The molecule has 0 aliphatic rings. The van der Waals surface area contributed by atoms with Gasteiger partial charge in [0.1, 0.15) is 29.2 Å². The number of rotatable bonds is 13. The first kappa shape index (κ1) is 27.4. The molecule has 0 radical (unpaired) electrons. The van der Waals surface area contributed by atoms with Crippen LogP contribution in [0.2, 0.25) is 0 Å². The van der Waals surface area contributed by atoms with Gasteiger partial charge in [-0.3, -0.25) is 14.9 Å². The van der Waals surface area contributed by atoms with Crippen LogP contribution in [0.1, 0.15) is 30.6 Å². The molecule has 1 amide bonds. The first-order valence-corrected chi connectivity index (χ1v) is 13.0. The van der Waals surface area contributed by atoms with Crippen LogP contribution in [0, 0.1) is 5.82 Å². The summed E-state index contributed by atoms with van der Waals surface area (Å²) in [5, 5.41) is 3.18. The number of carbonyl (C=O) groups is 2. The highest BCUT2D eigenvalue weighted by molar-refractivity contribution is 8.01. The number of ether oxygens (including phenoxy) is 4. The number of benzene rings is 2. The fraction of sp³-hybridized carbons (Fsp3) is 0.320. The molecule has 1 N–H and O–H groups in total. The minimum Gasteiger partial charge on any atom is -0.488 e. The minimum atomic E-state index is -0.439. The second-order valence-electron chi connectivity index (χ2n) is 7.48. The summed E-state index contributed by atoms with van der Waals surface area (Å²) in [5.74, 6) is 0.436. The third-order valence-corrected chi connectivity index (χ3v) is 6.58. The Kier molecular flexibility index (Phi) is 10.5. The molecule has 0 aliphatic heterocycles. The number of thioether (sulfide) groups is 1. The van der Waals surface area contributed by atoms with E-state index in [9.17, 15) is 14.0 Å². The Morgan fingerprint density at radius 2 is 1.97 bits per heavy atom. The number of esters is 1. The number of halogens is 1. The summed E-state index contributed by atoms with van der Waals surface area (Å²) < 4.78 is 36.1. The fourth-order valence-electron chi connectivity index (χ4n) is 3.02. The number of nitrogens with one attached hydrogen (secondary N) is 1. The van der Waals surface area contributed by atoms with Gasteiger partial charge in [0.05, 0.1) is 30.0 Å². The average Bonchev–Trinajstić information content (AvgIpc) is 3.26. The lowest BCUT2D eigenvalue weighted by Crippen LogP contribution is -2.18. The van der Waals surface area contributed by atoms with Crippen molar-refractivity contribution in [1.82, 2.24) is 4.98 Å². The van der Waals surface area contributed by atoms with E-state index in [4.69, 9.17) is 18.9 Å². The van der Waals surface area contributed by atoms with Gasteiger partial charge >= 0.3 is 5.97 Å². The summed E-state index contributed by atoms with van der Waals surface area (Å²) in [6.45, 7) is 4.31. The predicted molar refractivity (Wildman–Crippen MR) is 137 cm³/mol. The van der Waals surface area contributed by atoms with Crippen molar-refractivity contribution in [2.75, 3.05) is 31.4 Å². The van der Waals surface area contributed by atoms with Gasteiger partial charge in [-0.1, -0.05) is 17.4 Å². The predicted octanol–water partition coefficient (Wildman–Crippen LogP) is 5.79. The molecule has 0 bridgehead atoms. The van der Waals surface area contributed by atoms with Gasteiger partial charge in [-0.2, -0.15) is 0 Å². The molecule has 36 heavy (non-hydrogen) atoms. The molecule has 2 aromatic carbocycles. The molecule has 3 aromatic rings. The number of amides is 1. The van der Waals surface area contributed by atoms with Gasteiger partial charge in [-0.15, -0.1) is 11.8 Å². The lowest BCUT2D eigenvalue weighted by Gasteiger charge is -2.16. The van der Waals surface area contributed by atoms with E-state index in [0.717, 1.165) is 4.21 Å². The van der Waals surface area contributed by atoms with Crippen LogP contribution in [0.5, 0.6) is 17.2 Å². The molecule has 8 nitrogen and oxygen atoms in total. The van der Waals surface area contributed by atoms with Gasteiger partial charge in [0, 0.05) is 30.6 Å². The third-order valence-electron chi connectivity index (χ3n) is 4.47. The van der Waals surface area contributed by atoms with Crippen LogP contribution in [0.3, 0.4) is 0 Å². The highest BCUT2D eigenvalue weighted by Crippen LogP contribution is 2.31. The molecule has 1 aromatic heterocycles. The average molecular weight is 535 g/mol. The van der Waals surface area contributed by atoms with Crippen molar-refractivity contribution >= 4 is 40.1 Å². The second kappa shape index (κ2) is 13.8. The number of methoxy groups -OCH3 is 1. The Hall–Kier alpha value is -3.15. The first-order chi connectivity index (χ1) is 17.4. The van der Waals surface area contributed by atoms with E-state index < -0.39 is 11.7 Å². The zero-order chi connectivity index (χ0) is 25.9. The highest BCUT2D eigenvalue weighted by Gasteiger charge is 2.15. The number of aromatic nitrogens is 1. The van der Waals surface area contributed by atoms with Crippen molar-refractivity contribution in [3.63, 3.8) is 0 Å². The van der Waals surface area contributed by atoms with Crippen molar-refractivity contribution in [3.05, 3.63) is 60.0 Å². The standard InChI is InChI=1S/C25H27FN2O6S2/c1-4-32-22(29)8-9-35-23-14-27-25(36-23)28-24(30)17-10-20(33-16(2)15-31-3)13-21(11-17)34-19-7-5-6-18(26)12-19/h5-7,10-14,16H,4,8-9,15H2,1-3H3,(H,27,28,30)/t16-/m0/s1. The highest BCUT2D eigenvalue weighted by atomic mass is 32.2. The summed E-state index contributed by atoms with van der Waals surface area (Å²) in [5.41, 5.74) is 0.273. The Bertz CT molecular complexity index is 1170. The molecular formula is C25H27FN2O6S2. The van der Waals surface area contributed by atoms with E-state index in [1.165, 1.54) is 47.4 Å². The minimum absolute atomic E-state index is 0.249. The number of nitrogens with zero attached hydrogens (tertiary/aromatic N) is 1. The van der Waals surface area contributed by atoms with Gasteiger partial charge in [-0.25, -0.2) is 9.37 Å². The lowest BCUT2D eigenvalue weighted by molar-refractivity contribution is -0.142. The summed E-state index contributed by atoms with van der Waals surface area (Å²) in [4.78, 5) is 28.7. The van der Waals surface area contributed by atoms with Crippen LogP contribution in [0.25, 0.3) is 0 Å². The normalized spacial score (nSPS) is 11.6. The largest absolute Gasteiger partial charge is 0.488 e. The van der Waals surface area contributed by atoms with Gasteiger partial charge < -0.3 is 18.9 Å². The van der Waals surface area contributed by atoms with Crippen LogP contribution >= 0.6 is 23.1 Å². The molecule has 3 rings (SSSR count). The zero-order valence-electron chi connectivity index (χ0n) is 20.1. The van der Waals surface area contributed by atoms with Crippen molar-refractivity contribution in [2.45, 2.75) is 30.6 Å². The molecule has 0 saturated carbocycles. The summed E-state index contributed by atoms with van der Waals surface area (Å²) in [7, 11) is 1.57. The van der Waals surface area contributed by atoms with Gasteiger partial charge in [0.15, 0.2) is 5.13 Å². The Morgan fingerprint density at radius 3 is 2.72 bits per heavy atom. The van der Waals surface area contributed by atoms with Crippen LogP contribution in [-0.2, 0) is 14.3 Å².